The van der Waals surface area contributed by atoms with E-state index in [-0.39, 0.29) is 14.1 Å². The van der Waals surface area contributed by atoms with Crippen LogP contribution in [0, 0.1) is 0 Å². The van der Waals surface area contributed by atoms with Gasteiger partial charge in [0.1, 0.15) is 0 Å². The van der Waals surface area contributed by atoms with E-state index in [4.69, 9.17) is 0 Å². The average Bonchev–Trinajstić information content (AvgIpc) is 2.12. The Hall–Kier alpha value is -0.484. The average molecular weight is 192 g/mol. The van der Waals surface area contributed by atoms with Crippen molar-refractivity contribution in [3.05, 3.63) is 23.8 Å². The third-order valence-electron chi connectivity index (χ3n) is 1.01. The van der Waals surface area contributed by atoms with Gasteiger partial charge in [0.25, 0.3) is 0 Å². The summed E-state index contributed by atoms with van der Waals surface area (Å²) < 4.78 is -0.123. The molecule has 0 spiro atoms. The number of allylic oxidation sites excluding steroid dienone is 4. The van der Waals surface area contributed by atoms with Gasteiger partial charge in [0.2, 0.25) is 0 Å². The standard InChI is InChI=1S/C6H5O.Co.2FH/c7-5-6-3-1-2-4-6;;;/h1-3H,4H2;;2*1H. The summed E-state index contributed by atoms with van der Waals surface area (Å²) in [6.45, 7) is 0. The molecule has 1 nitrogen and oxygen atoms in total. The van der Waals surface area contributed by atoms with Gasteiger partial charge < -0.3 is 0 Å². The summed E-state index contributed by atoms with van der Waals surface area (Å²) in [6.07, 6.45) is 6.33. The second-order valence-electron chi connectivity index (χ2n) is 1.58. The first-order chi connectivity index (χ1) is 3.80. The fourth-order valence-electron chi connectivity index (χ4n) is 0.585. The van der Waals surface area contributed by atoms with Gasteiger partial charge in [0.15, 0.2) is 0 Å². The second-order valence-corrected chi connectivity index (χ2v) is 2.05. The van der Waals surface area contributed by atoms with Gasteiger partial charge in [0.05, 0.1) is 0 Å². The van der Waals surface area contributed by atoms with E-state index in [2.05, 4.69) is 15.7 Å². The van der Waals surface area contributed by atoms with Gasteiger partial charge in [-0.15, -0.1) is 0 Å². The van der Waals surface area contributed by atoms with Crippen LogP contribution in [0.5, 0.6) is 0 Å². The van der Waals surface area contributed by atoms with Crippen molar-refractivity contribution in [2.24, 2.45) is 0 Å². The van der Waals surface area contributed by atoms with E-state index in [0.717, 1.165) is 12.0 Å². The van der Waals surface area contributed by atoms with Crippen LogP contribution in [0.2, 0.25) is 0 Å². The fraction of sp³-hybridized carbons (Fsp3) is 0.167. The Morgan fingerprint density at radius 2 is 2.10 bits per heavy atom. The third kappa shape index (κ3) is 2.89. The molecule has 0 aromatic carbocycles. The van der Waals surface area contributed by atoms with Gasteiger partial charge in [-0.1, -0.05) is 0 Å². The Labute approximate surface area is 65.5 Å². The zero-order chi connectivity index (χ0) is 5.98. The molecule has 0 unspecified atom stereocenters. The van der Waals surface area contributed by atoms with Crippen LogP contribution in [0.25, 0.3) is 0 Å². The third-order valence-corrected chi connectivity index (χ3v) is 1.34. The summed E-state index contributed by atoms with van der Waals surface area (Å²) in [5, 5.41) is 0. The van der Waals surface area contributed by atoms with Crippen LogP contribution in [0.1, 0.15) is 6.42 Å². The van der Waals surface area contributed by atoms with E-state index in [1.807, 2.05) is 12.2 Å². The molecule has 0 amide bonds. The van der Waals surface area contributed by atoms with Crippen LogP contribution < -0.4 is 0 Å². The topological polar surface area (TPSA) is 17.1 Å². The molecule has 1 rings (SSSR count). The number of hydrogen-bond donors (Lipinski definition) is 0. The van der Waals surface area contributed by atoms with Crippen LogP contribution in [-0.4, -0.2) is 4.72 Å². The number of carbonyl (C=O) groups excluding carboxylic acids is 1. The SMILES string of the molecule is F.F.O=[C]([Co])C1=CC=CC1. The molecule has 0 N–H and O–H groups in total. The zero-order valence-electron chi connectivity index (χ0n) is 5.00. The van der Waals surface area contributed by atoms with E-state index >= 15 is 0 Å². The summed E-state index contributed by atoms with van der Waals surface area (Å²) >= 11 is 3.69. The summed E-state index contributed by atoms with van der Waals surface area (Å²) in [5.74, 6) is 0. The van der Waals surface area contributed by atoms with Crippen LogP contribution in [0.4, 0.5) is 9.41 Å². The Bertz CT molecular complexity index is 175. The first-order valence-corrected chi connectivity index (χ1v) is 2.86. The fourth-order valence-corrected chi connectivity index (χ4v) is 0.778. The van der Waals surface area contributed by atoms with Gasteiger partial charge in [-0.2, -0.15) is 0 Å². The minimum atomic E-state index is -0.123. The van der Waals surface area contributed by atoms with E-state index < -0.39 is 0 Å². The quantitative estimate of drug-likeness (QED) is 0.611. The molecule has 1 aliphatic carbocycles. The van der Waals surface area contributed by atoms with Crippen molar-refractivity contribution in [1.82, 2.24) is 0 Å². The molecule has 0 aliphatic heterocycles. The molecule has 60 valence electrons. The van der Waals surface area contributed by atoms with E-state index in [0.29, 0.717) is 0 Å². The molecule has 0 saturated carbocycles. The number of rotatable bonds is 1. The number of halogens is 2. The molecular weight excluding hydrogens is 185 g/mol. The molecule has 0 atom stereocenters. The van der Waals surface area contributed by atoms with Gasteiger partial charge in [-0.05, 0) is 0 Å². The number of carbonyl (C=O) groups is 1. The van der Waals surface area contributed by atoms with Crippen molar-refractivity contribution < 1.29 is 29.9 Å². The molecule has 4 heteroatoms. The second kappa shape index (κ2) is 5.31. The summed E-state index contributed by atoms with van der Waals surface area (Å²) in [4.78, 5) is 10.4. The zero-order valence-corrected chi connectivity index (χ0v) is 6.04. The van der Waals surface area contributed by atoms with Crippen LogP contribution in [0.15, 0.2) is 23.8 Å². The van der Waals surface area contributed by atoms with E-state index in [1.54, 1.807) is 6.08 Å². The molecule has 0 heterocycles. The van der Waals surface area contributed by atoms with Crippen molar-refractivity contribution >= 4 is 4.72 Å². The minimum absolute atomic E-state index is 0. The van der Waals surface area contributed by atoms with Crippen molar-refractivity contribution in [3.63, 3.8) is 0 Å². The molecule has 1 aliphatic rings. The van der Waals surface area contributed by atoms with Crippen molar-refractivity contribution in [1.29, 1.82) is 0 Å². The van der Waals surface area contributed by atoms with Gasteiger partial charge in [-0.3, -0.25) is 9.41 Å². The first kappa shape index (κ1) is 12.2. The molecule has 0 aromatic rings. The predicted octanol–water partition coefficient (Wildman–Crippen LogP) is 1.25. The van der Waals surface area contributed by atoms with Crippen molar-refractivity contribution in [3.8, 4) is 0 Å². The molecule has 0 fully saturated rings. The molecule has 0 bridgehead atoms. The number of hydrogen-bond acceptors (Lipinski definition) is 1. The maximum absolute atomic E-state index is 10.4. The monoisotopic (exact) mass is 192 g/mol. The Morgan fingerprint density at radius 3 is 2.30 bits per heavy atom. The van der Waals surface area contributed by atoms with E-state index in [1.165, 1.54) is 0 Å². The normalized spacial score (nSPS) is 13.2. The Balaban J connectivity index is 0. The molecule has 0 aromatic heterocycles. The predicted molar refractivity (Wildman–Crippen MR) is 31.9 cm³/mol. The summed E-state index contributed by atoms with van der Waals surface area (Å²) in [5.41, 5.74) is 0.782. The van der Waals surface area contributed by atoms with Crippen LogP contribution in [0.3, 0.4) is 0 Å². The molecular formula is C6H7CoF2O. The first-order valence-electron chi connectivity index (χ1n) is 2.34. The Morgan fingerprint density at radius 1 is 1.50 bits per heavy atom. The molecule has 0 radical (unpaired) electrons. The van der Waals surface area contributed by atoms with Crippen molar-refractivity contribution in [2.45, 2.75) is 6.42 Å². The Kier molecular flexibility index (Phi) is 6.49. The summed E-state index contributed by atoms with van der Waals surface area (Å²) in [6, 6.07) is 0. The van der Waals surface area contributed by atoms with Crippen LogP contribution >= 0.6 is 0 Å². The molecule has 0 saturated heterocycles. The maximum atomic E-state index is 10.4. The van der Waals surface area contributed by atoms with E-state index in [9.17, 15) is 4.79 Å². The van der Waals surface area contributed by atoms with Gasteiger partial charge >= 0.3 is 55.5 Å². The molecule has 10 heavy (non-hydrogen) atoms. The summed E-state index contributed by atoms with van der Waals surface area (Å²) in [7, 11) is 0. The van der Waals surface area contributed by atoms with Crippen LogP contribution in [-0.2, 0) is 20.5 Å². The van der Waals surface area contributed by atoms with Gasteiger partial charge in [0, 0.05) is 0 Å². The van der Waals surface area contributed by atoms with Crippen molar-refractivity contribution in [2.75, 3.05) is 0 Å². The van der Waals surface area contributed by atoms with Gasteiger partial charge in [-0.25, -0.2) is 0 Å².